The maximum Gasteiger partial charge on any atom is 0.230 e. The highest BCUT2D eigenvalue weighted by atomic mass is 35.5. The lowest BCUT2D eigenvalue weighted by atomic mass is 9.87. The summed E-state index contributed by atoms with van der Waals surface area (Å²) in [7, 11) is 0. The molecule has 0 radical (unpaired) electrons. The van der Waals surface area contributed by atoms with Gasteiger partial charge in [0.1, 0.15) is 0 Å². The summed E-state index contributed by atoms with van der Waals surface area (Å²) in [5.74, 6) is -0.513. The van der Waals surface area contributed by atoms with E-state index in [1.54, 1.807) is 17.0 Å². The number of hydrogen-bond donors (Lipinski definition) is 1. The molecule has 0 unspecified atom stereocenters. The van der Waals surface area contributed by atoms with Gasteiger partial charge in [-0.15, -0.1) is 0 Å². The van der Waals surface area contributed by atoms with Gasteiger partial charge in [-0.05, 0) is 30.0 Å². The van der Waals surface area contributed by atoms with E-state index in [2.05, 4.69) is 0 Å². The lowest BCUT2D eigenvalue weighted by Crippen LogP contribution is -2.36. The Labute approximate surface area is 130 Å². The van der Waals surface area contributed by atoms with E-state index < -0.39 is 0 Å². The highest BCUT2D eigenvalue weighted by Crippen LogP contribution is 2.30. The first kappa shape index (κ1) is 15.8. The van der Waals surface area contributed by atoms with Crippen molar-refractivity contribution in [3.63, 3.8) is 0 Å². The summed E-state index contributed by atoms with van der Waals surface area (Å²) in [6.45, 7) is 5.09. The smallest absolute Gasteiger partial charge is 0.230 e. The topological polar surface area (TPSA) is 63.4 Å². The van der Waals surface area contributed by atoms with Crippen LogP contribution in [0.5, 0.6) is 0 Å². The molecule has 1 fully saturated rings. The van der Waals surface area contributed by atoms with Crippen molar-refractivity contribution >= 4 is 23.4 Å². The summed E-state index contributed by atoms with van der Waals surface area (Å²) in [5, 5.41) is 0.656. The summed E-state index contributed by atoms with van der Waals surface area (Å²) >= 11 is 5.91. The molecule has 1 aliphatic heterocycles. The molecule has 1 heterocycles. The molecular weight excluding hydrogens is 288 g/mol. The van der Waals surface area contributed by atoms with Gasteiger partial charge in [0.25, 0.3) is 0 Å². The molecule has 1 aromatic carbocycles. The van der Waals surface area contributed by atoms with Gasteiger partial charge in [-0.1, -0.05) is 37.6 Å². The van der Waals surface area contributed by atoms with Crippen LogP contribution in [-0.4, -0.2) is 29.8 Å². The summed E-state index contributed by atoms with van der Waals surface area (Å²) < 4.78 is 0. The van der Waals surface area contributed by atoms with Crippen molar-refractivity contribution in [3.8, 4) is 0 Å². The number of rotatable bonds is 4. The van der Waals surface area contributed by atoms with Crippen LogP contribution in [0.25, 0.3) is 0 Å². The molecule has 0 aromatic heterocycles. The van der Waals surface area contributed by atoms with E-state index in [-0.39, 0.29) is 29.6 Å². The predicted molar refractivity (Wildman–Crippen MR) is 82.9 cm³/mol. The molecule has 0 spiro atoms. The number of halogens is 1. The van der Waals surface area contributed by atoms with E-state index >= 15 is 0 Å². The number of nitrogens with zero attached hydrogens (tertiary/aromatic N) is 1. The molecule has 0 bridgehead atoms. The van der Waals surface area contributed by atoms with Gasteiger partial charge in [0.2, 0.25) is 11.8 Å². The lowest BCUT2D eigenvalue weighted by molar-refractivity contribution is -0.133. The largest absolute Gasteiger partial charge is 0.369 e. The van der Waals surface area contributed by atoms with Crippen molar-refractivity contribution in [2.45, 2.75) is 26.2 Å². The second-order valence-corrected chi connectivity index (χ2v) is 6.38. The zero-order chi connectivity index (χ0) is 15.6. The van der Waals surface area contributed by atoms with Gasteiger partial charge in [0.05, 0.1) is 11.8 Å². The minimum atomic E-state index is -0.321. The number of carbonyl (C=O) groups is 2. The average Bonchev–Trinajstić information content (AvgIpc) is 2.90. The quantitative estimate of drug-likeness (QED) is 0.928. The molecule has 114 valence electrons. The van der Waals surface area contributed by atoms with Gasteiger partial charge >= 0.3 is 0 Å². The molecule has 21 heavy (non-hydrogen) atoms. The van der Waals surface area contributed by atoms with Crippen molar-refractivity contribution in [2.75, 3.05) is 13.1 Å². The van der Waals surface area contributed by atoms with Crippen molar-refractivity contribution in [1.82, 2.24) is 4.90 Å². The molecule has 5 heteroatoms. The SMILES string of the molecule is CC(C)[C@@H](C(=O)N1CC[C@H](C(N)=O)C1)c1ccc(Cl)cc1. The normalized spacial score (nSPS) is 19.8. The number of likely N-dealkylation sites (tertiary alicyclic amines) is 1. The Morgan fingerprint density at radius 2 is 1.90 bits per heavy atom. The third kappa shape index (κ3) is 3.56. The van der Waals surface area contributed by atoms with Crippen LogP contribution in [0.1, 0.15) is 31.7 Å². The Hall–Kier alpha value is -1.55. The summed E-state index contributed by atoms with van der Waals surface area (Å²) in [4.78, 5) is 25.8. The van der Waals surface area contributed by atoms with E-state index in [1.807, 2.05) is 26.0 Å². The van der Waals surface area contributed by atoms with Gasteiger partial charge in [-0.25, -0.2) is 0 Å². The average molecular weight is 309 g/mol. The zero-order valence-corrected chi connectivity index (χ0v) is 13.1. The molecule has 1 aliphatic rings. The third-order valence-electron chi connectivity index (χ3n) is 4.06. The highest BCUT2D eigenvalue weighted by Gasteiger charge is 2.34. The first-order valence-corrected chi connectivity index (χ1v) is 7.61. The molecule has 1 aromatic rings. The lowest BCUT2D eigenvalue weighted by Gasteiger charge is -2.26. The maximum atomic E-state index is 12.8. The Kier molecular flexibility index (Phi) is 4.88. The fourth-order valence-electron chi connectivity index (χ4n) is 2.87. The third-order valence-corrected chi connectivity index (χ3v) is 4.32. The molecule has 0 saturated carbocycles. The van der Waals surface area contributed by atoms with E-state index in [4.69, 9.17) is 17.3 Å². The Bertz CT molecular complexity index is 528. The summed E-state index contributed by atoms with van der Waals surface area (Å²) in [6.07, 6.45) is 0.659. The van der Waals surface area contributed by atoms with Gasteiger partial charge in [-0.3, -0.25) is 9.59 Å². The number of hydrogen-bond acceptors (Lipinski definition) is 2. The van der Waals surface area contributed by atoms with Crippen LogP contribution in [0, 0.1) is 11.8 Å². The highest BCUT2D eigenvalue weighted by molar-refractivity contribution is 6.30. The van der Waals surface area contributed by atoms with Gasteiger partial charge < -0.3 is 10.6 Å². The van der Waals surface area contributed by atoms with Crippen molar-refractivity contribution in [2.24, 2.45) is 17.6 Å². The van der Waals surface area contributed by atoms with Crippen molar-refractivity contribution < 1.29 is 9.59 Å². The minimum Gasteiger partial charge on any atom is -0.369 e. The van der Waals surface area contributed by atoms with Crippen molar-refractivity contribution in [3.05, 3.63) is 34.9 Å². The molecule has 4 nitrogen and oxygen atoms in total. The van der Waals surface area contributed by atoms with Gasteiger partial charge in [0.15, 0.2) is 0 Å². The van der Waals surface area contributed by atoms with Gasteiger partial charge in [0, 0.05) is 18.1 Å². The molecule has 2 rings (SSSR count). The predicted octanol–water partition coefficient (Wildman–Crippen LogP) is 2.41. The first-order chi connectivity index (χ1) is 9.90. The minimum absolute atomic E-state index is 0.0658. The Balaban J connectivity index is 2.17. The van der Waals surface area contributed by atoms with Gasteiger partial charge in [-0.2, -0.15) is 0 Å². The monoisotopic (exact) mass is 308 g/mol. The molecule has 2 amide bonds. The van der Waals surface area contributed by atoms with Crippen LogP contribution in [0.2, 0.25) is 5.02 Å². The number of amides is 2. The first-order valence-electron chi connectivity index (χ1n) is 7.23. The Morgan fingerprint density at radius 1 is 1.29 bits per heavy atom. The number of carbonyl (C=O) groups excluding carboxylic acids is 2. The Morgan fingerprint density at radius 3 is 2.38 bits per heavy atom. The van der Waals surface area contributed by atoms with Crippen LogP contribution in [0.4, 0.5) is 0 Å². The van der Waals surface area contributed by atoms with Crippen LogP contribution in [0.3, 0.4) is 0 Å². The summed E-state index contributed by atoms with van der Waals surface area (Å²) in [5.41, 5.74) is 6.29. The molecule has 0 aliphatic carbocycles. The summed E-state index contributed by atoms with van der Waals surface area (Å²) in [6, 6.07) is 7.39. The fourth-order valence-corrected chi connectivity index (χ4v) is 3.00. The zero-order valence-electron chi connectivity index (χ0n) is 12.4. The van der Waals surface area contributed by atoms with E-state index in [0.717, 1.165) is 5.56 Å². The van der Waals surface area contributed by atoms with Crippen molar-refractivity contribution in [1.29, 1.82) is 0 Å². The number of primary amides is 1. The molecule has 1 saturated heterocycles. The number of nitrogens with two attached hydrogens (primary N) is 1. The molecule has 2 N–H and O–H groups in total. The van der Waals surface area contributed by atoms with Crippen LogP contribution in [0.15, 0.2) is 24.3 Å². The standard InChI is InChI=1S/C16H21ClN2O2/c1-10(2)14(11-3-5-13(17)6-4-11)16(21)19-8-7-12(9-19)15(18)20/h3-6,10,12,14H,7-9H2,1-2H3,(H2,18,20)/t12-,14+/m0/s1. The van der Waals surface area contributed by atoms with Crippen LogP contribution < -0.4 is 5.73 Å². The fraction of sp³-hybridized carbons (Fsp3) is 0.500. The van der Waals surface area contributed by atoms with E-state index in [1.165, 1.54) is 0 Å². The number of benzene rings is 1. The molecular formula is C16H21ClN2O2. The second-order valence-electron chi connectivity index (χ2n) is 5.95. The van der Waals surface area contributed by atoms with E-state index in [9.17, 15) is 9.59 Å². The second kappa shape index (κ2) is 6.48. The van der Waals surface area contributed by atoms with Crippen LogP contribution >= 0.6 is 11.6 Å². The maximum absolute atomic E-state index is 12.8. The molecule has 2 atom stereocenters. The van der Waals surface area contributed by atoms with E-state index in [0.29, 0.717) is 24.5 Å². The van der Waals surface area contributed by atoms with Crippen LogP contribution in [-0.2, 0) is 9.59 Å².